The fourth-order valence-corrected chi connectivity index (χ4v) is 3.69. The van der Waals surface area contributed by atoms with E-state index in [1.54, 1.807) is 20.3 Å². The normalized spacial score (nSPS) is 15.0. The number of carbonyl (C=O) groups is 1. The number of benzene rings is 2. The van der Waals surface area contributed by atoms with E-state index in [1.165, 1.54) is 50.4 Å². The van der Waals surface area contributed by atoms with Gasteiger partial charge >= 0.3 is 0 Å². The lowest BCUT2D eigenvalue weighted by atomic mass is 10.1. The third kappa shape index (κ3) is 6.63. The van der Waals surface area contributed by atoms with Crippen LogP contribution in [0.4, 0.5) is 0 Å². The van der Waals surface area contributed by atoms with E-state index in [1.807, 2.05) is 18.2 Å². The molecule has 0 aliphatic carbocycles. The summed E-state index contributed by atoms with van der Waals surface area (Å²) in [5.74, 6) is 1.18. The van der Waals surface area contributed by atoms with Crippen LogP contribution in [0.15, 0.2) is 48.5 Å². The Morgan fingerprint density at radius 3 is 2.27 bits per heavy atom. The molecular formula is C25H32N2O3. The van der Waals surface area contributed by atoms with E-state index < -0.39 is 0 Å². The van der Waals surface area contributed by atoms with Gasteiger partial charge in [0, 0.05) is 19.2 Å². The molecule has 3 rings (SSSR count). The van der Waals surface area contributed by atoms with Crippen LogP contribution in [0.5, 0.6) is 11.5 Å². The zero-order valence-corrected chi connectivity index (χ0v) is 18.0. The first kappa shape index (κ1) is 21.9. The van der Waals surface area contributed by atoms with Gasteiger partial charge in [0.1, 0.15) is 0 Å². The number of nitrogens with one attached hydrogen (secondary N) is 1. The van der Waals surface area contributed by atoms with Gasteiger partial charge in [-0.2, -0.15) is 0 Å². The van der Waals surface area contributed by atoms with Crippen molar-refractivity contribution >= 4 is 12.0 Å². The SMILES string of the molecule is COc1ccc(/C=C/C(=O)NCc2ccc(CN3CCCCCC3)cc2)cc1OC. The average molecular weight is 409 g/mol. The molecule has 30 heavy (non-hydrogen) atoms. The highest BCUT2D eigenvalue weighted by Gasteiger charge is 2.09. The number of amides is 1. The number of likely N-dealkylation sites (tertiary alicyclic amines) is 1. The Balaban J connectivity index is 1.47. The molecule has 0 radical (unpaired) electrons. The number of nitrogens with zero attached hydrogens (tertiary/aromatic N) is 1. The van der Waals surface area contributed by atoms with E-state index in [0.717, 1.165) is 17.7 Å². The van der Waals surface area contributed by atoms with Gasteiger partial charge in [0.2, 0.25) is 5.91 Å². The smallest absolute Gasteiger partial charge is 0.244 e. The Labute approximate surface area is 179 Å². The lowest BCUT2D eigenvalue weighted by Crippen LogP contribution is -2.24. The van der Waals surface area contributed by atoms with Crippen molar-refractivity contribution in [3.63, 3.8) is 0 Å². The summed E-state index contributed by atoms with van der Waals surface area (Å²) in [5, 5.41) is 2.94. The highest BCUT2D eigenvalue weighted by molar-refractivity contribution is 5.91. The van der Waals surface area contributed by atoms with Crippen LogP contribution in [0.25, 0.3) is 6.08 Å². The van der Waals surface area contributed by atoms with E-state index >= 15 is 0 Å². The van der Waals surface area contributed by atoms with Crippen LogP contribution in [0, 0.1) is 0 Å². The number of ether oxygens (including phenoxy) is 2. The number of methoxy groups -OCH3 is 2. The fraction of sp³-hybridized carbons (Fsp3) is 0.400. The molecule has 0 unspecified atom stereocenters. The van der Waals surface area contributed by atoms with Crippen molar-refractivity contribution in [2.75, 3.05) is 27.3 Å². The lowest BCUT2D eigenvalue weighted by molar-refractivity contribution is -0.116. The lowest BCUT2D eigenvalue weighted by Gasteiger charge is -2.19. The monoisotopic (exact) mass is 408 g/mol. The van der Waals surface area contributed by atoms with E-state index in [0.29, 0.717) is 18.0 Å². The third-order valence-electron chi connectivity index (χ3n) is 5.43. The summed E-state index contributed by atoms with van der Waals surface area (Å²) in [6.07, 6.45) is 8.63. The molecule has 0 bridgehead atoms. The predicted octanol–water partition coefficient (Wildman–Crippen LogP) is 4.41. The number of hydrogen-bond acceptors (Lipinski definition) is 4. The van der Waals surface area contributed by atoms with Crippen LogP contribution in [-0.4, -0.2) is 38.1 Å². The van der Waals surface area contributed by atoms with E-state index in [4.69, 9.17) is 9.47 Å². The van der Waals surface area contributed by atoms with Crippen LogP contribution in [0.2, 0.25) is 0 Å². The second kappa shape index (κ2) is 11.4. The molecule has 5 nitrogen and oxygen atoms in total. The minimum atomic E-state index is -0.126. The second-order valence-corrected chi connectivity index (χ2v) is 7.67. The molecule has 0 saturated carbocycles. The predicted molar refractivity (Wildman–Crippen MR) is 121 cm³/mol. The van der Waals surface area contributed by atoms with Gasteiger partial charge in [-0.3, -0.25) is 9.69 Å². The molecule has 0 spiro atoms. The van der Waals surface area contributed by atoms with Gasteiger partial charge in [-0.25, -0.2) is 0 Å². The molecule has 160 valence electrons. The topological polar surface area (TPSA) is 50.8 Å². The Morgan fingerprint density at radius 1 is 0.933 bits per heavy atom. The molecule has 1 fully saturated rings. The molecule has 1 saturated heterocycles. The maximum Gasteiger partial charge on any atom is 0.244 e. The van der Waals surface area contributed by atoms with E-state index in [9.17, 15) is 4.79 Å². The van der Waals surface area contributed by atoms with Gasteiger partial charge in [-0.15, -0.1) is 0 Å². The summed E-state index contributed by atoms with van der Waals surface area (Å²) in [5.41, 5.74) is 3.31. The third-order valence-corrected chi connectivity index (χ3v) is 5.43. The highest BCUT2D eigenvalue weighted by atomic mass is 16.5. The summed E-state index contributed by atoms with van der Waals surface area (Å²) in [4.78, 5) is 14.7. The van der Waals surface area contributed by atoms with Gasteiger partial charge in [0.05, 0.1) is 14.2 Å². The molecular weight excluding hydrogens is 376 g/mol. The Bertz CT molecular complexity index is 838. The highest BCUT2D eigenvalue weighted by Crippen LogP contribution is 2.27. The molecule has 5 heteroatoms. The van der Waals surface area contributed by atoms with Gasteiger partial charge in [-0.05, 0) is 60.8 Å². The molecule has 1 heterocycles. The number of carbonyl (C=O) groups excluding carboxylic acids is 1. The van der Waals surface area contributed by atoms with Crippen molar-refractivity contribution in [1.82, 2.24) is 10.2 Å². The van der Waals surface area contributed by atoms with Gasteiger partial charge in [0.25, 0.3) is 0 Å². The van der Waals surface area contributed by atoms with Crippen molar-refractivity contribution in [2.24, 2.45) is 0 Å². The van der Waals surface area contributed by atoms with E-state index in [-0.39, 0.29) is 5.91 Å². The summed E-state index contributed by atoms with van der Waals surface area (Å²) < 4.78 is 10.5. The maximum absolute atomic E-state index is 12.2. The summed E-state index contributed by atoms with van der Waals surface area (Å²) in [6.45, 7) is 3.92. The first-order valence-electron chi connectivity index (χ1n) is 10.7. The molecule has 2 aromatic rings. The quantitative estimate of drug-likeness (QED) is 0.658. The zero-order valence-electron chi connectivity index (χ0n) is 18.0. The molecule has 2 aromatic carbocycles. The van der Waals surface area contributed by atoms with Gasteiger partial charge < -0.3 is 14.8 Å². The van der Waals surface area contributed by atoms with Gasteiger partial charge in [-0.1, -0.05) is 43.2 Å². The van der Waals surface area contributed by atoms with Crippen molar-refractivity contribution in [3.05, 3.63) is 65.2 Å². The fourth-order valence-electron chi connectivity index (χ4n) is 3.69. The molecule has 1 aliphatic rings. The van der Waals surface area contributed by atoms with Crippen LogP contribution in [-0.2, 0) is 17.9 Å². The Kier molecular flexibility index (Phi) is 8.33. The summed E-state index contributed by atoms with van der Waals surface area (Å²) in [7, 11) is 3.19. The summed E-state index contributed by atoms with van der Waals surface area (Å²) >= 11 is 0. The summed E-state index contributed by atoms with van der Waals surface area (Å²) in [6, 6.07) is 14.1. The minimum absolute atomic E-state index is 0.126. The second-order valence-electron chi connectivity index (χ2n) is 7.67. The van der Waals surface area contributed by atoms with Gasteiger partial charge in [0.15, 0.2) is 11.5 Å². The van der Waals surface area contributed by atoms with Crippen LogP contribution < -0.4 is 14.8 Å². The first-order chi connectivity index (χ1) is 14.7. The van der Waals surface area contributed by atoms with Crippen molar-refractivity contribution in [1.29, 1.82) is 0 Å². The largest absolute Gasteiger partial charge is 0.493 e. The molecule has 0 aromatic heterocycles. The average Bonchev–Trinajstić information content (AvgIpc) is 3.05. The Morgan fingerprint density at radius 2 is 1.60 bits per heavy atom. The van der Waals surface area contributed by atoms with Crippen molar-refractivity contribution in [3.8, 4) is 11.5 Å². The molecule has 0 atom stereocenters. The van der Waals surface area contributed by atoms with Crippen molar-refractivity contribution in [2.45, 2.75) is 38.8 Å². The minimum Gasteiger partial charge on any atom is -0.493 e. The van der Waals surface area contributed by atoms with Crippen LogP contribution in [0.1, 0.15) is 42.4 Å². The first-order valence-corrected chi connectivity index (χ1v) is 10.7. The van der Waals surface area contributed by atoms with Crippen LogP contribution in [0.3, 0.4) is 0 Å². The standard InChI is InChI=1S/C25H32N2O3/c1-29-23-13-11-20(17-24(23)30-2)12-14-25(28)26-18-21-7-9-22(10-8-21)19-27-15-5-3-4-6-16-27/h7-14,17H,3-6,15-16,18-19H2,1-2H3,(H,26,28)/b14-12+. The number of hydrogen-bond donors (Lipinski definition) is 1. The molecule has 1 N–H and O–H groups in total. The Hall–Kier alpha value is -2.79. The van der Waals surface area contributed by atoms with E-state index in [2.05, 4.69) is 34.5 Å². The molecule has 1 aliphatic heterocycles. The zero-order chi connectivity index (χ0) is 21.2. The number of rotatable bonds is 8. The maximum atomic E-state index is 12.2. The van der Waals surface area contributed by atoms with Crippen LogP contribution >= 0.6 is 0 Å². The van der Waals surface area contributed by atoms with Crippen molar-refractivity contribution < 1.29 is 14.3 Å². The molecule has 1 amide bonds.